The number of anilines is 1. The van der Waals surface area contributed by atoms with Crippen LogP contribution in [0.5, 0.6) is 5.75 Å². The zero-order valence-electron chi connectivity index (χ0n) is 17.3. The van der Waals surface area contributed by atoms with E-state index in [1.165, 1.54) is 19.2 Å². The normalized spacial score (nSPS) is 13.5. The third-order valence-electron chi connectivity index (χ3n) is 4.74. The average Bonchev–Trinajstić information content (AvgIpc) is 3.20. The second kappa shape index (κ2) is 10.4. The molecule has 0 aliphatic heterocycles. The van der Waals surface area contributed by atoms with Gasteiger partial charge in [0.1, 0.15) is 11.6 Å². The number of rotatable bonds is 10. The van der Waals surface area contributed by atoms with Crippen molar-refractivity contribution in [1.29, 1.82) is 0 Å². The molecule has 2 atom stereocenters. The molecular weight excluding hydrogens is 456 g/mol. The monoisotopic (exact) mass is 480 g/mol. The van der Waals surface area contributed by atoms with E-state index in [-0.39, 0.29) is 4.90 Å². The zero-order chi connectivity index (χ0) is 22.4. The fourth-order valence-electron chi connectivity index (χ4n) is 3.10. The second-order valence-electron chi connectivity index (χ2n) is 7.06. The molecule has 2 aromatic carbocycles. The van der Waals surface area contributed by atoms with Gasteiger partial charge in [-0.05, 0) is 48.4 Å². The van der Waals surface area contributed by atoms with Gasteiger partial charge in [0, 0.05) is 29.0 Å². The lowest BCUT2D eigenvalue weighted by Gasteiger charge is -2.24. The van der Waals surface area contributed by atoms with Gasteiger partial charge in [-0.15, -0.1) is 0 Å². The largest absolute Gasteiger partial charge is 0.497 e. The first-order valence-corrected chi connectivity index (χ1v) is 12.5. The van der Waals surface area contributed by atoms with Crippen LogP contribution >= 0.6 is 23.1 Å². The minimum Gasteiger partial charge on any atom is -0.497 e. The van der Waals surface area contributed by atoms with Gasteiger partial charge in [-0.2, -0.15) is 4.37 Å². The molecular formula is C21H25ClN4O3S2. The van der Waals surface area contributed by atoms with E-state index in [0.29, 0.717) is 34.6 Å². The fraction of sp³-hybridized carbons (Fsp3) is 0.333. The number of nitrogens with two attached hydrogens (primary N) is 1. The van der Waals surface area contributed by atoms with Crippen LogP contribution in [0.25, 0.3) is 0 Å². The Hall–Kier alpha value is -2.20. The van der Waals surface area contributed by atoms with Crippen molar-refractivity contribution in [2.45, 2.75) is 42.5 Å². The summed E-state index contributed by atoms with van der Waals surface area (Å²) in [5, 5.41) is 3.07. The Morgan fingerprint density at radius 3 is 2.45 bits per heavy atom. The van der Waals surface area contributed by atoms with Crippen molar-refractivity contribution in [1.82, 2.24) is 9.36 Å². The van der Waals surface area contributed by atoms with Crippen LogP contribution in [0.1, 0.15) is 31.2 Å². The van der Waals surface area contributed by atoms with Gasteiger partial charge in [0.15, 0.2) is 5.37 Å². The van der Waals surface area contributed by atoms with Crippen molar-refractivity contribution in [2.24, 2.45) is 5.73 Å². The lowest BCUT2D eigenvalue weighted by atomic mass is 10.1. The Morgan fingerprint density at radius 1 is 1.16 bits per heavy atom. The van der Waals surface area contributed by atoms with E-state index < -0.39 is 21.3 Å². The Morgan fingerprint density at radius 2 is 1.84 bits per heavy atom. The maximum Gasteiger partial charge on any atom is 0.203 e. The molecule has 0 saturated heterocycles. The van der Waals surface area contributed by atoms with Crippen LogP contribution in [-0.4, -0.2) is 36.3 Å². The number of benzene rings is 2. The highest BCUT2D eigenvalue weighted by Crippen LogP contribution is 2.25. The molecule has 0 radical (unpaired) electrons. The van der Waals surface area contributed by atoms with Gasteiger partial charge in [-0.1, -0.05) is 37.1 Å². The van der Waals surface area contributed by atoms with Gasteiger partial charge in [-0.3, -0.25) is 0 Å². The van der Waals surface area contributed by atoms with Crippen LogP contribution in [0.3, 0.4) is 0 Å². The van der Waals surface area contributed by atoms with E-state index in [0.717, 1.165) is 23.5 Å². The van der Waals surface area contributed by atoms with Crippen molar-refractivity contribution < 1.29 is 13.2 Å². The predicted octanol–water partition coefficient (Wildman–Crippen LogP) is 4.13. The minimum atomic E-state index is -3.77. The van der Waals surface area contributed by atoms with E-state index in [1.54, 1.807) is 12.1 Å². The molecule has 0 saturated carbocycles. The third-order valence-corrected chi connectivity index (χ3v) is 7.74. The number of nitrogens with zero attached hydrogens (tertiary/aromatic N) is 2. The molecule has 7 nitrogen and oxygen atoms in total. The smallest absolute Gasteiger partial charge is 0.203 e. The summed E-state index contributed by atoms with van der Waals surface area (Å²) in [6, 6.07) is 13.1. The number of halogens is 1. The Kier molecular flexibility index (Phi) is 7.88. The van der Waals surface area contributed by atoms with Crippen LogP contribution in [0.15, 0.2) is 53.4 Å². The summed E-state index contributed by atoms with van der Waals surface area (Å²) in [4.78, 5) is 4.64. The first kappa shape index (κ1) is 23.5. The molecule has 31 heavy (non-hydrogen) atoms. The molecule has 1 aromatic heterocycles. The van der Waals surface area contributed by atoms with Gasteiger partial charge in [0.05, 0.1) is 12.0 Å². The van der Waals surface area contributed by atoms with E-state index in [9.17, 15) is 8.42 Å². The summed E-state index contributed by atoms with van der Waals surface area (Å²) >= 11 is 7.04. The summed E-state index contributed by atoms with van der Waals surface area (Å²) in [6.07, 6.45) is 1.82. The molecule has 3 aromatic rings. The number of hydrogen-bond acceptors (Lipinski definition) is 8. The number of nitrogens with one attached hydrogen (secondary N) is 1. The SMILES string of the molecule is CCCC(N)C(Nc1nc(Cc2ccc(Cl)cc2)ns1)S(=O)(=O)c1ccc(OC)cc1. The summed E-state index contributed by atoms with van der Waals surface area (Å²) in [6.45, 7) is 1.96. The number of ether oxygens (including phenoxy) is 1. The molecule has 0 amide bonds. The highest BCUT2D eigenvalue weighted by Gasteiger charge is 2.33. The van der Waals surface area contributed by atoms with E-state index >= 15 is 0 Å². The van der Waals surface area contributed by atoms with Crippen molar-refractivity contribution in [3.63, 3.8) is 0 Å². The molecule has 1 heterocycles. The van der Waals surface area contributed by atoms with E-state index in [4.69, 9.17) is 22.1 Å². The standard InChI is InChI=1S/C21H25ClN4O3S2/c1-3-4-18(23)20(31(27,28)17-11-9-16(29-2)10-12-17)25-21-24-19(26-30-21)13-14-5-7-15(22)8-6-14/h5-12,18,20H,3-4,13,23H2,1-2H3,(H,24,25,26). The highest BCUT2D eigenvalue weighted by molar-refractivity contribution is 7.92. The van der Waals surface area contributed by atoms with Gasteiger partial charge in [0.2, 0.25) is 15.0 Å². The molecule has 0 aliphatic carbocycles. The molecule has 0 spiro atoms. The summed E-state index contributed by atoms with van der Waals surface area (Å²) in [7, 11) is -2.24. The van der Waals surface area contributed by atoms with E-state index in [2.05, 4.69) is 14.7 Å². The number of aromatic nitrogens is 2. The van der Waals surface area contributed by atoms with Crippen LogP contribution in [0.4, 0.5) is 5.13 Å². The van der Waals surface area contributed by atoms with Crippen molar-refractivity contribution in [3.05, 3.63) is 64.9 Å². The number of hydrogen-bond donors (Lipinski definition) is 2. The molecule has 3 N–H and O–H groups in total. The van der Waals surface area contributed by atoms with Gasteiger partial charge in [-0.25, -0.2) is 13.4 Å². The van der Waals surface area contributed by atoms with Crippen molar-refractivity contribution >= 4 is 38.1 Å². The molecule has 0 aliphatic rings. The van der Waals surface area contributed by atoms with Crippen LogP contribution < -0.4 is 15.8 Å². The van der Waals surface area contributed by atoms with Crippen LogP contribution in [0, 0.1) is 0 Å². The van der Waals surface area contributed by atoms with Gasteiger partial charge in [0.25, 0.3) is 0 Å². The summed E-state index contributed by atoms with van der Waals surface area (Å²) in [5.41, 5.74) is 7.29. The van der Waals surface area contributed by atoms with Gasteiger partial charge < -0.3 is 15.8 Å². The van der Waals surface area contributed by atoms with Crippen molar-refractivity contribution in [3.8, 4) is 5.75 Å². The Balaban J connectivity index is 1.82. The second-order valence-corrected chi connectivity index (χ2v) is 10.3. The topological polar surface area (TPSA) is 107 Å². The first-order chi connectivity index (χ1) is 14.8. The van der Waals surface area contributed by atoms with Crippen LogP contribution in [-0.2, 0) is 16.3 Å². The molecule has 0 bridgehead atoms. The lowest BCUT2D eigenvalue weighted by Crippen LogP contribution is -2.45. The first-order valence-electron chi connectivity index (χ1n) is 9.80. The Bertz CT molecular complexity index is 1090. The number of methoxy groups -OCH3 is 1. The van der Waals surface area contributed by atoms with E-state index in [1.807, 2.05) is 31.2 Å². The summed E-state index contributed by atoms with van der Waals surface area (Å²) in [5.74, 6) is 1.18. The maximum atomic E-state index is 13.3. The zero-order valence-corrected chi connectivity index (χ0v) is 19.7. The maximum absolute atomic E-state index is 13.3. The van der Waals surface area contributed by atoms with Crippen molar-refractivity contribution in [2.75, 3.05) is 12.4 Å². The van der Waals surface area contributed by atoms with Gasteiger partial charge >= 0.3 is 0 Å². The number of sulfone groups is 1. The summed E-state index contributed by atoms with van der Waals surface area (Å²) < 4.78 is 36.2. The molecule has 166 valence electrons. The molecule has 10 heteroatoms. The predicted molar refractivity (Wildman–Crippen MR) is 125 cm³/mol. The fourth-order valence-corrected chi connectivity index (χ4v) is 5.60. The minimum absolute atomic E-state index is 0.170. The Labute approximate surface area is 191 Å². The highest BCUT2D eigenvalue weighted by atomic mass is 35.5. The molecule has 0 fully saturated rings. The molecule has 3 rings (SSSR count). The third kappa shape index (κ3) is 5.94. The lowest BCUT2D eigenvalue weighted by molar-refractivity contribution is 0.414. The quantitative estimate of drug-likeness (QED) is 0.449. The van der Waals surface area contributed by atoms with Crippen LogP contribution in [0.2, 0.25) is 5.02 Å². The average molecular weight is 481 g/mol. The molecule has 2 unspecified atom stereocenters.